The molecule has 2 bridgehead atoms. The largest absolute Gasteiger partial charge is 0.448 e. The van der Waals surface area contributed by atoms with E-state index in [0.29, 0.717) is 19.4 Å². The standard InChI is InChI=1S/C31H28N2O3/c34-30(36-19-27-24-9-3-1-7-22(24)23-8-2-4-10-25(23)27)33-20-14-15-21(33)18-31(35,17-20)28-12-5-13-29-26(28)11-6-16-32-29/h1-13,16,20-21,27,35H,14-15,17-19H2. The summed E-state index contributed by atoms with van der Waals surface area (Å²) in [5, 5.41) is 12.8. The molecule has 2 aliphatic heterocycles. The number of aromatic nitrogens is 1. The Kier molecular flexibility index (Phi) is 4.90. The zero-order chi connectivity index (χ0) is 24.3. The lowest BCUT2D eigenvalue weighted by Gasteiger charge is -2.43. The van der Waals surface area contributed by atoms with Gasteiger partial charge in [0, 0.05) is 42.4 Å². The van der Waals surface area contributed by atoms with Gasteiger partial charge in [-0.25, -0.2) is 4.79 Å². The van der Waals surface area contributed by atoms with Crippen LogP contribution in [0.25, 0.3) is 22.0 Å². The molecule has 5 nitrogen and oxygen atoms in total. The molecule has 0 spiro atoms. The van der Waals surface area contributed by atoms with Gasteiger partial charge in [-0.1, -0.05) is 66.7 Å². The average Bonchev–Trinajstić information content (AvgIpc) is 3.39. The first kappa shape index (κ1) is 21.6. The quantitative estimate of drug-likeness (QED) is 0.394. The molecule has 2 saturated heterocycles. The maximum absolute atomic E-state index is 13.4. The van der Waals surface area contributed by atoms with Gasteiger partial charge in [0.15, 0.2) is 0 Å². The van der Waals surface area contributed by atoms with Crippen molar-refractivity contribution in [2.45, 2.75) is 49.3 Å². The molecule has 2 unspecified atom stereocenters. The smallest absolute Gasteiger partial charge is 0.410 e. The molecule has 36 heavy (non-hydrogen) atoms. The molecule has 7 rings (SSSR count). The van der Waals surface area contributed by atoms with Gasteiger partial charge in [0.2, 0.25) is 0 Å². The van der Waals surface area contributed by atoms with Crippen molar-refractivity contribution >= 4 is 17.0 Å². The fourth-order valence-corrected chi connectivity index (χ4v) is 6.92. The molecule has 1 aromatic heterocycles. The van der Waals surface area contributed by atoms with Gasteiger partial charge in [0.25, 0.3) is 0 Å². The van der Waals surface area contributed by atoms with Crippen LogP contribution >= 0.6 is 0 Å². The predicted octanol–water partition coefficient (Wildman–Crippen LogP) is 6.00. The van der Waals surface area contributed by atoms with Crippen molar-refractivity contribution in [3.63, 3.8) is 0 Å². The molecule has 1 N–H and O–H groups in total. The van der Waals surface area contributed by atoms with Gasteiger partial charge in [0.05, 0.1) is 11.1 Å². The molecular weight excluding hydrogens is 448 g/mol. The molecule has 0 saturated carbocycles. The van der Waals surface area contributed by atoms with Crippen molar-refractivity contribution in [2.75, 3.05) is 6.61 Å². The minimum Gasteiger partial charge on any atom is -0.448 e. The van der Waals surface area contributed by atoms with E-state index in [1.54, 1.807) is 6.20 Å². The van der Waals surface area contributed by atoms with E-state index in [4.69, 9.17) is 4.74 Å². The van der Waals surface area contributed by atoms with Crippen molar-refractivity contribution in [3.8, 4) is 11.1 Å². The Bertz CT molecular complexity index is 1420. The summed E-state index contributed by atoms with van der Waals surface area (Å²) in [5.41, 5.74) is 5.70. The summed E-state index contributed by atoms with van der Waals surface area (Å²) >= 11 is 0. The van der Waals surface area contributed by atoms with Gasteiger partial charge in [-0.3, -0.25) is 4.98 Å². The molecule has 3 heterocycles. The zero-order valence-corrected chi connectivity index (χ0v) is 20.0. The van der Waals surface area contributed by atoms with E-state index >= 15 is 0 Å². The molecule has 1 aliphatic carbocycles. The summed E-state index contributed by atoms with van der Waals surface area (Å²) in [6.45, 7) is 0.321. The van der Waals surface area contributed by atoms with Crippen LogP contribution in [-0.2, 0) is 10.3 Å². The summed E-state index contributed by atoms with van der Waals surface area (Å²) in [6.07, 6.45) is 4.33. The molecule has 180 valence electrons. The molecule has 2 fully saturated rings. The summed E-state index contributed by atoms with van der Waals surface area (Å²) in [5.74, 6) is 0.0453. The summed E-state index contributed by atoms with van der Waals surface area (Å²) in [6, 6.07) is 26.6. The van der Waals surface area contributed by atoms with Crippen LogP contribution < -0.4 is 0 Å². The fourth-order valence-electron chi connectivity index (χ4n) is 6.92. The number of fused-ring (bicyclic) bond motifs is 6. The molecule has 1 amide bonds. The lowest BCUT2D eigenvalue weighted by atomic mass is 9.79. The first-order valence-electron chi connectivity index (χ1n) is 12.8. The minimum absolute atomic E-state index is 0.0312. The van der Waals surface area contributed by atoms with Crippen molar-refractivity contribution in [1.29, 1.82) is 0 Å². The first-order chi connectivity index (χ1) is 17.6. The number of amides is 1. The molecule has 0 radical (unpaired) electrons. The molecule has 5 heteroatoms. The second kappa shape index (κ2) is 8.17. The number of benzene rings is 3. The number of hydrogen-bond donors (Lipinski definition) is 1. The maximum atomic E-state index is 13.4. The Morgan fingerprint density at radius 1 is 0.889 bits per heavy atom. The lowest BCUT2D eigenvalue weighted by Crippen LogP contribution is -2.52. The van der Waals surface area contributed by atoms with Crippen LogP contribution in [0.2, 0.25) is 0 Å². The van der Waals surface area contributed by atoms with Crippen molar-refractivity contribution in [3.05, 3.63) is 102 Å². The topological polar surface area (TPSA) is 62.7 Å². The average molecular weight is 477 g/mol. The molecule has 4 aromatic rings. The first-order valence-corrected chi connectivity index (χ1v) is 12.8. The monoisotopic (exact) mass is 476 g/mol. The van der Waals surface area contributed by atoms with Gasteiger partial charge in [-0.15, -0.1) is 0 Å². The van der Waals surface area contributed by atoms with E-state index in [-0.39, 0.29) is 24.1 Å². The lowest BCUT2D eigenvalue weighted by molar-refractivity contribution is -0.0521. The Morgan fingerprint density at radius 3 is 2.25 bits per heavy atom. The van der Waals surface area contributed by atoms with Gasteiger partial charge in [-0.2, -0.15) is 0 Å². The van der Waals surface area contributed by atoms with Crippen LogP contribution in [0.15, 0.2) is 85.1 Å². The van der Waals surface area contributed by atoms with Crippen molar-refractivity contribution in [1.82, 2.24) is 9.88 Å². The van der Waals surface area contributed by atoms with Gasteiger partial charge >= 0.3 is 6.09 Å². The van der Waals surface area contributed by atoms with Crippen LogP contribution in [0.1, 0.15) is 48.3 Å². The Balaban J connectivity index is 1.11. The van der Waals surface area contributed by atoms with Gasteiger partial charge < -0.3 is 14.7 Å². The highest BCUT2D eigenvalue weighted by atomic mass is 16.6. The number of aliphatic hydroxyl groups is 1. The van der Waals surface area contributed by atoms with Crippen LogP contribution in [0, 0.1) is 0 Å². The van der Waals surface area contributed by atoms with Crippen LogP contribution in [0.5, 0.6) is 0 Å². The third kappa shape index (κ3) is 3.26. The van der Waals surface area contributed by atoms with Gasteiger partial charge in [0.1, 0.15) is 6.61 Å². The Morgan fingerprint density at radius 2 is 1.56 bits per heavy atom. The maximum Gasteiger partial charge on any atom is 0.410 e. The molecular formula is C31H28N2O3. The van der Waals surface area contributed by atoms with Crippen LogP contribution in [0.4, 0.5) is 4.79 Å². The minimum atomic E-state index is -0.978. The number of carbonyl (C=O) groups excluding carboxylic acids is 1. The predicted molar refractivity (Wildman–Crippen MR) is 139 cm³/mol. The number of pyridine rings is 1. The van der Waals surface area contributed by atoms with E-state index < -0.39 is 5.60 Å². The van der Waals surface area contributed by atoms with E-state index in [0.717, 1.165) is 29.3 Å². The highest BCUT2D eigenvalue weighted by Gasteiger charge is 2.51. The van der Waals surface area contributed by atoms with E-state index in [9.17, 15) is 9.90 Å². The van der Waals surface area contributed by atoms with Crippen LogP contribution in [-0.4, -0.2) is 39.8 Å². The van der Waals surface area contributed by atoms with Crippen LogP contribution in [0.3, 0.4) is 0 Å². The number of ether oxygens (including phenoxy) is 1. The van der Waals surface area contributed by atoms with Gasteiger partial charge in [-0.05, 0) is 52.8 Å². The molecule has 3 aliphatic rings. The van der Waals surface area contributed by atoms with Crippen molar-refractivity contribution in [2.24, 2.45) is 0 Å². The third-order valence-corrected chi connectivity index (χ3v) is 8.46. The fraction of sp³-hybridized carbons (Fsp3) is 0.290. The summed E-state index contributed by atoms with van der Waals surface area (Å²) in [7, 11) is 0. The molecule has 3 aromatic carbocycles. The number of rotatable bonds is 3. The zero-order valence-electron chi connectivity index (χ0n) is 20.0. The van der Waals surface area contributed by atoms with E-state index in [1.165, 1.54) is 22.3 Å². The van der Waals surface area contributed by atoms with E-state index in [2.05, 4.69) is 41.4 Å². The van der Waals surface area contributed by atoms with E-state index in [1.807, 2.05) is 47.4 Å². The highest BCUT2D eigenvalue weighted by Crippen LogP contribution is 2.48. The number of nitrogens with zero attached hydrogens (tertiary/aromatic N) is 2. The Hall–Kier alpha value is -3.70. The molecule has 2 atom stereocenters. The number of carbonyl (C=O) groups is 1. The highest BCUT2D eigenvalue weighted by molar-refractivity contribution is 5.83. The number of hydrogen-bond acceptors (Lipinski definition) is 4. The summed E-state index contributed by atoms with van der Waals surface area (Å²) in [4.78, 5) is 19.8. The third-order valence-electron chi connectivity index (χ3n) is 8.46. The second-order valence-corrected chi connectivity index (χ2v) is 10.4. The number of piperidine rings is 1. The SMILES string of the molecule is O=C(OCC1c2ccccc2-c2ccccc21)N1C2CCC1CC(O)(c1cccc3ncccc13)C2. The Labute approximate surface area is 210 Å². The second-order valence-electron chi connectivity index (χ2n) is 10.4. The van der Waals surface area contributed by atoms with Crippen molar-refractivity contribution < 1.29 is 14.6 Å². The normalized spacial score (nSPS) is 24.5. The summed E-state index contributed by atoms with van der Waals surface area (Å²) < 4.78 is 6.00.